The predicted molar refractivity (Wildman–Crippen MR) is 225 cm³/mol. The van der Waals surface area contributed by atoms with E-state index in [4.69, 9.17) is 4.99 Å². The molecule has 0 unspecified atom stereocenters. The standard InChI is InChI=1S/C47H94N2/c1-3-5-7-9-11-13-15-17-19-21-23-25-27-29-31-33-35-37-39-41-43-47-48-44-46-49(47)45-42-40-38-36-34-32-30-28-26-24-22-20-18-16-14-12-10-8-6-4-2/h3-46H2,1-2H3. The maximum Gasteiger partial charge on any atom is 0.0990 e. The minimum atomic E-state index is 1.05. The van der Waals surface area contributed by atoms with Gasteiger partial charge in [0.2, 0.25) is 0 Å². The molecule has 1 aliphatic heterocycles. The van der Waals surface area contributed by atoms with Crippen molar-refractivity contribution in [2.45, 2.75) is 277 Å². The van der Waals surface area contributed by atoms with Crippen LogP contribution in [-0.2, 0) is 0 Å². The number of aliphatic imine (C=N–C) groups is 1. The molecule has 0 amide bonds. The SMILES string of the molecule is CCCCCCCCCCCCCCCCCCCCCCC1=NCCN1CCCCCCCCCCCCCCCCCCCCCC. The van der Waals surface area contributed by atoms with Crippen LogP contribution in [0, 0.1) is 0 Å². The zero-order valence-electron chi connectivity index (χ0n) is 34.5. The van der Waals surface area contributed by atoms with Gasteiger partial charge < -0.3 is 4.90 Å². The molecule has 0 spiro atoms. The summed E-state index contributed by atoms with van der Waals surface area (Å²) in [5.41, 5.74) is 0. The topological polar surface area (TPSA) is 15.6 Å². The summed E-state index contributed by atoms with van der Waals surface area (Å²) in [7, 11) is 0. The summed E-state index contributed by atoms with van der Waals surface area (Å²) in [5.74, 6) is 1.44. The molecule has 2 heteroatoms. The van der Waals surface area contributed by atoms with Crippen LogP contribution in [0.5, 0.6) is 0 Å². The lowest BCUT2D eigenvalue weighted by Crippen LogP contribution is -2.28. The fourth-order valence-electron chi connectivity index (χ4n) is 8.10. The molecule has 0 N–H and O–H groups in total. The van der Waals surface area contributed by atoms with Gasteiger partial charge >= 0.3 is 0 Å². The third-order valence-corrected chi connectivity index (χ3v) is 11.6. The van der Waals surface area contributed by atoms with Gasteiger partial charge in [0.15, 0.2) is 0 Å². The summed E-state index contributed by atoms with van der Waals surface area (Å²) in [6, 6.07) is 0. The number of hydrogen-bond donors (Lipinski definition) is 0. The molecule has 292 valence electrons. The highest BCUT2D eigenvalue weighted by Gasteiger charge is 2.15. The maximum absolute atomic E-state index is 4.88. The zero-order valence-corrected chi connectivity index (χ0v) is 34.5. The molecule has 0 saturated heterocycles. The van der Waals surface area contributed by atoms with Gasteiger partial charge in [0.1, 0.15) is 0 Å². The normalized spacial score (nSPS) is 13.2. The van der Waals surface area contributed by atoms with Gasteiger partial charge in [-0.15, -0.1) is 0 Å². The Balaban J connectivity index is 1.75. The lowest BCUT2D eigenvalue weighted by atomic mass is 10.0. The van der Waals surface area contributed by atoms with Gasteiger partial charge in [-0.05, 0) is 12.8 Å². The van der Waals surface area contributed by atoms with E-state index in [9.17, 15) is 0 Å². The molecule has 0 atom stereocenters. The van der Waals surface area contributed by atoms with Crippen molar-refractivity contribution in [3.05, 3.63) is 0 Å². The van der Waals surface area contributed by atoms with Crippen LogP contribution in [0.2, 0.25) is 0 Å². The highest BCUT2D eigenvalue weighted by molar-refractivity contribution is 5.83. The lowest BCUT2D eigenvalue weighted by Gasteiger charge is -2.20. The average molecular weight is 687 g/mol. The summed E-state index contributed by atoms with van der Waals surface area (Å²) in [4.78, 5) is 7.51. The number of nitrogens with zero attached hydrogens (tertiary/aromatic N) is 2. The third kappa shape index (κ3) is 34.3. The van der Waals surface area contributed by atoms with Crippen LogP contribution in [0.25, 0.3) is 0 Å². The summed E-state index contributed by atoms with van der Waals surface area (Å²) in [5, 5.41) is 0. The van der Waals surface area contributed by atoms with Crippen molar-refractivity contribution >= 4 is 5.84 Å². The van der Waals surface area contributed by atoms with Crippen LogP contribution in [0.1, 0.15) is 277 Å². The van der Waals surface area contributed by atoms with Crippen molar-refractivity contribution in [3.8, 4) is 0 Å². The van der Waals surface area contributed by atoms with Crippen molar-refractivity contribution in [1.82, 2.24) is 4.90 Å². The van der Waals surface area contributed by atoms with Gasteiger partial charge in [0.25, 0.3) is 0 Å². The largest absolute Gasteiger partial charge is 0.359 e. The molecule has 0 saturated carbocycles. The Morgan fingerprint density at radius 2 is 0.571 bits per heavy atom. The first-order chi connectivity index (χ1) is 24.4. The Kier molecular flexibility index (Phi) is 38.2. The molecule has 2 nitrogen and oxygen atoms in total. The molecule has 49 heavy (non-hydrogen) atoms. The highest BCUT2D eigenvalue weighted by Crippen LogP contribution is 2.18. The molecule has 1 rings (SSSR count). The van der Waals surface area contributed by atoms with Crippen LogP contribution in [0.4, 0.5) is 0 Å². The molecule has 0 fully saturated rings. The Hall–Kier alpha value is -0.530. The van der Waals surface area contributed by atoms with Crippen molar-refractivity contribution in [2.75, 3.05) is 19.6 Å². The van der Waals surface area contributed by atoms with Crippen molar-refractivity contribution in [1.29, 1.82) is 0 Å². The Morgan fingerprint density at radius 3 is 0.857 bits per heavy atom. The van der Waals surface area contributed by atoms with E-state index in [-0.39, 0.29) is 0 Å². The maximum atomic E-state index is 4.88. The first-order valence-electron chi connectivity index (χ1n) is 23.7. The summed E-state index contributed by atoms with van der Waals surface area (Å²) in [6.07, 6.45) is 59.6. The second-order valence-electron chi connectivity index (χ2n) is 16.5. The number of hydrogen-bond acceptors (Lipinski definition) is 2. The van der Waals surface area contributed by atoms with Crippen LogP contribution >= 0.6 is 0 Å². The van der Waals surface area contributed by atoms with E-state index in [0.29, 0.717) is 0 Å². The van der Waals surface area contributed by atoms with Gasteiger partial charge in [-0.25, -0.2) is 0 Å². The molecule has 0 radical (unpaired) electrons. The van der Waals surface area contributed by atoms with Crippen molar-refractivity contribution < 1.29 is 0 Å². The van der Waals surface area contributed by atoms with Gasteiger partial charge in [-0.3, -0.25) is 4.99 Å². The molecule has 0 aromatic heterocycles. The lowest BCUT2D eigenvalue weighted by molar-refractivity contribution is 0.421. The van der Waals surface area contributed by atoms with E-state index >= 15 is 0 Å². The van der Waals surface area contributed by atoms with Crippen LogP contribution in [0.15, 0.2) is 4.99 Å². The van der Waals surface area contributed by atoms with Gasteiger partial charge in [0, 0.05) is 19.5 Å². The van der Waals surface area contributed by atoms with Crippen LogP contribution in [-0.4, -0.2) is 30.4 Å². The number of unbranched alkanes of at least 4 members (excludes halogenated alkanes) is 38. The second-order valence-corrected chi connectivity index (χ2v) is 16.5. The summed E-state index contributed by atoms with van der Waals surface area (Å²) in [6.45, 7) is 8.12. The first kappa shape index (κ1) is 46.5. The Bertz CT molecular complexity index is 642. The van der Waals surface area contributed by atoms with E-state index in [2.05, 4.69) is 18.7 Å². The van der Waals surface area contributed by atoms with Crippen molar-refractivity contribution in [2.24, 2.45) is 4.99 Å². The smallest absolute Gasteiger partial charge is 0.0990 e. The Labute approximate surface area is 311 Å². The van der Waals surface area contributed by atoms with Crippen LogP contribution < -0.4 is 0 Å². The molecule has 0 aliphatic carbocycles. The molecular formula is C47H94N2. The molecular weight excluding hydrogens is 593 g/mol. The van der Waals surface area contributed by atoms with E-state index in [1.165, 1.54) is 282 Å². The molecule has 1 aliphatic rings. The summed E-state index contributed by atoms with van der Waals surface area (Å²) < 4.78 is 0. The quantitative estimate of drug-likeness (QED) is 0.0584. The van der Waals surface area contributed by atoms with Gasteiger partial charge in [0.05, 0.1) is 12.4 Å². The summed E-state index contributed by atoms with van der Waals surface area (Å²) >= 11 is 0. The second kappa shape index (κ2) is 40.2. The first-order valence-corrected chi connectivity index (χ1v) is 23.7. The Morgan fingerprint density at radius 1 is 0.327 bits per heavy atom. The highest BCUT2D eigenvalue weighted by atomic mass is 15.2. The van der Waals surface area contributed by atoms with Gasteiger partial charge in [-0.2, -0.15) is 0 Å². The number of rotatable bonds is 42. The van der Waals surface area contributed by atoms with Crippen LogP contribution in [0.3, 0.4) is 0 Å². The molecule has 0 aromatic carbocycles. The van der Waals surface area contributed by atoms with E-state index in [0.717, 1.165) is 6.54 Å². The fourth-order valence-corrected chi connectivity index (χ4v) is 8.10. The molecule has 0 aromatic rings. The van der Waals surface area contributed by atoms with E-state index in [1.807, 2.05) is 0 Å². The predicted octanol–water partition coefficient (Wildman–Crippen LogP) is 16.7. The molecule has 0 bridgehead atoms. The molecule has 1 heterocycles. The fraction of sp³-hybridized carbons (Fsp3) is 0.979. The third-order valence-electron chi connectivity index (χ3n) is 11.6. The monoisotopic (exact) mass is 687 g/mol. The number of amidine groups is 1. The van der Waals surface area contributed by atoms with Crippen molar-refractivity contribution in [3.63, 3.8) is 0 Å². The van der Waals surface area contributed by atoms with Gasteiger partial charge in [-0.1, -0.05) is 258 Å². The van der Waals surface area contributed by atoms with E-state index < -0.39 is 0 Å². The minimum absolute atomic E-state index is 1.05. The van der Waals surface area contributed by atoms with E-state index in [1.54, 1.807) is 0 Å². The minimum Gasteiger partial charge on any atom is -0.359 e. The average Bonchev–Trinajstić information content (AvgIpc) is 3.57. The zero-order chi connectivity index (χ0) is 35.0.